The highest BCUT2D eigenvalue weighted by Gasteiger charge is 2.36. The van der Waals surface area contributed by atoms with E-state index in [0.717, 1.165) is 22.4 Å². The Hall–Kier alpha value is -2.76. The van der Waals surface area contributed by atoms with Crippen molar-refractivity contribution in [2.45, 2.75) is 25.8 Å². The van der Waals surface area contributed by atoms with Crippen molar-refractivity contribution in [1.82, 2.24) is 14.9 Å². The van der Waals surface area contributed by atoms with Crippen LogP contribution in [0.3, 0.4) is 0 Å². The van der Waals surface area contributed by atoms with Crippen molar-refractivity contribution in [3.05, 3.63) is 47.9 Å². The number of guanidine groups is 1. The second-order valence-corrected chi connectivity index (χ2v) is 6.05. The molecule has 2 aromatic rings. The SMILES string of the molecule is Cc1cncc(-c2cc([C@]3(C)CC(=O)N(C)C(N)=N3)ccn2)c1. The van der Waals surface area contributed by atoms with Crippen molar-refractivity contribution in [3.8, 4) is 11.3 Å². The summed E-state index contributed by atoms with van der Waals surface area (Å²) in [4.78, 5) is 26.7. The van der Waals surface area contributed by atoms with Gasteiger partial charge in [0.25, 0.3) is 0 Å². The zero-order valence-corrected chi connectivity index (χ0v) is 13.4. The maximum Gasteiger partial charge on any atom is 0.231 e. The van der Waals surface area contributed by atoms with Crippen LogP contribution in [-0.2, 0) is 10.3 Å². The van der Waals surface area contributed by atoms with Gasteiger partial charge in [0.05, 0.1) is 17.7 Å². The normalized spacial score (nSPS) is 21.3. The van der Waals surface area contributed by atoms with Crippen LogP contribution in [0.1, 0.15) is 24.5 Å². The Balaban J connectivity index is 2.05. The molecule has 6 heteroatoms. The largest absolute Gasteiger partial charge is 0.369 e. The van der Waals surface area contributed by atoms with Crippen molar-refractivity contribution >= 4 is 11.9 Å². The summed E-state index contributed by atoms with van der Waals surface area (Å²) in [7, 11) is 1.64. The number of aliphatic imine (C=N–C) groups is 1. The van der Waals surface area contributed by atoms with Gasteiger partial charge in [0.15, 0.2) is 5.96 Å². The Labute approximate surface area is 135 Å². The number of pyridine rings is 2. The molecule has 3 rings (SSSR count). The van der Waals surface area contributed by atoms with E-state index in [0.29, 0.717) is 0 Å². The van der Waals surface area contributed by atoms with Crippen LogP contribution in [0.15, 0.2) is 41.8 Å². The summed E-state index contributed by atoms with van der Waals surface area (Å²) in [5.41, 5.74) is 8.92. The van der Waals surface area contributed by atoms with E-state index in [1.807, 2.05) is 32.0 Å². The molecule has 0 spiro atoms. The first-order valence-electron chi connectivity index (χ1n) is 7.39. The molecule has 118 valence electrons. The Morgan fingerprint density at radius 3 is 2.78 bits per heavy atom. The van der Waals surface area contributed by atoms with Gasteiger partial charge in [0.2, 0.25) is 5.91 Å². The maximum atomic E-state index is 12.1. The first-order valence-corrected chi connectivity index (χ1v) is 7.39. The molecule has 1 atom stereocenters. The first kappa shape index (κ1) is 15.1. The second kappa shape index (κ2) is 5.46. The average Bonchev–Trinajstić information content (AvgIpc) is 2.53. The second-order valence-electron chi connectivity index (χ2n) is 6.05. The molecule has 2 aromatic heterocycles. The van der Waals surface area contributed by atoms with Crippen LogP contribution in [0.4, 0.5) is 0 Å². The van der Waals surface area contributed by atoms with E-state index in [9.17, 15) is 4.79 Å². The topological polar surface area (TPSA) is 84.5 Å². The number of aryl methyl sites for hydroxylation is 1. The summed E-state index contributed by atoms with van der Waals surface area (Å²) >= 11 is 0. The van der Waals surface area contributed by atoms with Crippen LogP contribution in [0, 0.1) is 6.92 Å². The average molecular weight is 309 g/mol. The molecule has 3 heterocycles. The van der Waals surface area contributed by atoms with Crippen LogP contribution in [-0.4, -0.2) is 33.8 Å². The number of nitrogens with two attached hydrogens (primary N) is 1. The molecule has 1 aliphatic heterocycles. The van der Waals surface area contributed by atoms with Crippen LogP contribution in [0.2, 0.25) is 0 Å². The number of rotatable bonds is 2. The van der Waals surface area contributed by atoms with Crippen LogP contribution >= 0.6 is 0 Å². The molecule has 0 aromatic carbocycles. The van der Waals surface area contributed by atoms with Crippen molar-refractivity contribution in [1.29, 1.82) is 0 Å². The summed E-state index contributed by atoms with van der Waals surface area (Å²) in [5, 5.41) is 0. The quantitative estimate of drug-likeness (QED) is 0.917. The molecular formula is C17H19N5O. The van der Waals surface area contributed by atoms with Crippen molar-refractivity contribution in [2.75, 3.05) is 7.05 Å². The minimum Gasteiger partial charge on any atom is -0.369 e. The highest BCUT2D eigenvalue weighted by molar-refractivity contribution is 5.98. The third kappa shape index (κ3) is 2.79. The summed E-state index contributed by atoms with van der Waals surface area (Å²) in [6, 6.07) is 5.85. The van der Waals surface area contributed by atoms with Gasteiger partial charge in [-0.25, -0.2) is 4.99 Å². The van der Waals surface area contributed by atoms with Gasteiger partial charge in [-0.3, -0.25) is 19.7 Å². The van der Waals surface area contributed by atoms with Crippen molar-refractivity contribution in [2.24, 2.45) is 10.7 Å². The fourth-order valence-electron chi connectivity index (χ4n) is 2.69. The van der Waals surface area contributed by atoms with Crippen molar-refractivity contribution in [3.63, 3.8) is 0 Å². The standard InChI is InChI=1S/C17H19N5O/c1-11-6-12(10-19-9-11)14-7-13(4-5-20-14)17(2)8-15(23)22(3)16(18)21-17/h4-7,9-10H,8H2,1-3H3,(H2,18,21)/t17-/m0/s1. The lowest BCUT2D eigenvalue weighted by Gasteiger charge is -2.33. The Morgan fingerprint density at radius 1 is 1.30 bits per heavy atom. The summed E-state index contributed by atoms with van der Waals surface area (Å²) < 4.78 is 0. The number of carbonyl (C=O) groups excluding carboxylic acids is 1. The molecule has 0 unspecified atom stereocenters. The zero-order valence-electron chi connectivity index (χ0n) is 13.4. The van der Waals surface area contributed by atoms with Gasteiger partial charge in [-0.1, -0.05) is 0 Å². The molecule has 1 amide bonds. The monoisotopic (exact) mass is 309 g/mol. The van der Waals surface area contributed by atoms with E-state index in [-0.39, 0.29) is 18.3 Å². The smallest absolute Gasteiger partial charge is 0.231 e. The number of nitrogens with zero attached hydrogens (tertiary/aromatic N) is 4. The fourth-order valence-corrected chi connectivity index (χ4v) is 2.69. The maximum absolute atomic E-state index is 12.1. The zero-order chi connectivity index (χ0) is 16.6. The molecule has 1 aliphatic rings. The van der Waals surface area contributed by atoms with E-state index < -0.39 is 5.54 Å². The van der Waals surface area contributed by atoms with Crippen LogP contribution in [0.5, 0.6) is 0 Å². The highest BCUT2D eigenvalue weighted by atomic mass is 16.2. The molecule has 0 radical (unpaired) electrons. The first-order chi connectivity index (χ1) is 10.9. The molecule has 0 aliphatic carbocycles. The van der Waals surface area contributed by atoms with Gasteiger partial charge in [-0.2, -0.15) is 0 Å². The number of hydrogen-bond donors (Lipinski definition) is 1. The summed E-state index contributed by atoms with van der Waals surface area (Å²) in [5.74, 6) is 0.190. The molecule has 0 saturated carbocycles. The molecular weight excluding hydrogens is 290 g/mol. The number of amides is 1. The minimum atomic E-state index is -0.678. The predicted octanol–water partition coefficient (Wildman–Crippen LogP) is 1.84. The molecule has 0 fully saturated rings. The molecule has 0 bridgehead atoms. The third-order valence-electron chi connectivity index (χ3n) is 4.13. The lowest BCUT2D eigenvalue weighted by molar-refractivity contribution is -0.128. The number of carbonyl (C=O) groups is 1. The molecule has 0 saturated heterocycles. The van der Waals surface area contributed by atoms with E-state index in [4.69, 9.17) is 5.73 Å². The van der Waals surface area contributed by atoms with Gasteiger partial charge in [-0.15, -0.1) is 0 Å². The van der Waals surface area contributed by atoms with Gasteiger partial charge in [0, 0.05) is 31.2 Å². The number of aromatic nitrogens is 2. The van der Waals surface area contributed by atoms with E-state index in [1.165, 1.54) is 4.90 Å². The van der Waals surface area contributed by atoms with E-state index in [2.05, 4.69) is 15.0 Å². The van der Waals surface area contributed by atoms with Gasteiger partial charge in [-0.05, 0) is 43.2 Å². The molecule has 2 N–H and O–H groups in total. The Bertz CT molecular complexity index is 801. The molecule has 6 nitrogen and oxygen atoms in total. The predicted molar refractivity (Wildman–Crippen MR) is 88.6 cm³/mol. The summed E-state index contributed by atoms with van der Waals surface area (Å²) in [6.07, 6.45) is 5.58. The Kier molecular flexibility index (Phi) is 3.60. The lowest BCUT2D eigenvalue weighted by atomic mass is 9.87. The van der Waals surface area contributed by atoms with Gasteiger partial charge >= 0.3 is 0 Å². The van der Waals surface area contributed by atoms with Gasteiger partial charge in [0.1, 0.15) is 0 Å². The van der Waals surface area contributed by atoms with E-state index >= 15 is 0 Å². The van der Waals surface area contributed by atoms with Crippen molar-refractivity contribution < 1.29 is 4.79 Å². The summed E-state index contributed by atoms with van der Waals surface area (Å²) in [6.45, 7) is 3.90. The minimum absolute atomic E-state index is 0.0458. The van der Waals surface area contributed by atoms with E-state index in [1.54, 1.807) is 25.6 Å². The Morgan fingerprint density at radius 2 is 2.09 bits per heavy atom. The third-order valence-corrected chi connectivity index (χ3v) is 4.13. The van der Waals surface area contributed by atoms with Crippen LogP contribution < -0.4 is 5.73 Å². The lowest BCUT2D eigenvalue weighted by Crippen LogP contribution is -2.47. The van der Waals surface area contributed by atoms with Crippen LogP contribution in [0.25, 0.3) is 11.3 Å². The van der Waals surface area contributed by atoms with Gasteiger partial charge < -0.3 is 5.73 Å². The highest BCUT2D eigenvalue weighted by Crippen LogP contribution is 2.34. The number of hydrogen-bond acceptors (Lipinski definition) is 5. The molecule has 23 heavy (non-hydrogen) atoms. The fraction of sp³-hybridized carbons (Fsp3) is 0.294.